The summed E-state index contributed by atoms with van der Waals surface area (Å²) in [6.45, 7) is 1.88. The number of nitrogen functional groups attached to an aromatic ring is 1. The van der Waals surface area contributed by atoms with Crippen LogP contribution >= 0.6 is 0 Å². The lowest BCUT2D eigenvalue weighted by Gasteiger charge is -2.07. The zero-order chi connectivity index (χ0) is 17.8. The second kappa shape index (κ2) is 5.15. The first kappa shape index (κ1) is 15.3. The molecule has 0 atom stereocenters. The minimum Gasteiger partial charge on any atom is -0.368 e. The highest BCUT2D eigenvalue weighted by molar-refractivity contribution is 7.91. The first-order valence-corrected chi connectivity index (χ1v) is 8.84. The van der Waals surface area contributed by atoms with Crippen LogP contribution in [0.25, 0.3) is 16.7 Å². The van der Waals surface area contributed by atoms with Gasteiger partial charge < -0.3 is 5.73 Å². The van der Waals surface area contributed by atoms with Crippen LogP contribution in [0.5, 0.6) is 0 Å². The van der Waals surface area contributed by atoms with E-state index in [1.54, 1.807) is 24.3 Å². The van der Waals surface area contributed by atoms with Crippen molar-refractivity contribution >= 4 is 32.5 Å². The Labute approximate surface area is 141 Å². The molecule has 2 aromatic carbocycles. The molecule has 2 heterocycles. The summed E-state index contributed by atoms with van der Waals surface area (Å²) in [5.74, 6) is 0.300. The van der Waals surface area contributed by atoms with E-state index < -0.39 is 15.4 Å². The van der Waals surface area contributed by atoms with Crippen LogP contribution in [0, 0.1) is 6.92 Å². The topological polar surface area (TPSA) is 123 Å². The van der Waals surface area contributed by atoms with Crippen LogP contribution < -0.4 is 11.3 Å². The van der Waals surface area contributed by atoms with Crippen molar-refractivity contribution in [2.45, 2.75) is 16.7 Å². The Balaban J connectivity index is 1.99. The molecule has 0 bridgehead atoms. The summed E-state index contributed by atoms with van der Waals surface area (Å²) in [6, 6.07) is 10.8. The summed E-state index contributed by atoms with van der Waals surface area (Å²) in [5, 5.41) is 7.67. The lowest BCUT2D eigenvalue weighted by Crippen LogP contribution is -2.12. The largest absolute Gasteiger partial charge is 0.368 e. The molecular formula is C16H13N5O3S. The highest BCUT2D eigenvalue weighted by Gasteiger charge is 2.19. The second-order valence-electron chi connectivity index (χ2n) is 5.67. The number of aromatic nitrogens is 4. The standard InChI is InChI=1S/C16H13N5O3S/c1-9-2-4-10(5-3-9)25(23,24)11-6-7-13-12(8-11)14(22)18-16-20-19-15(17)21(13)16/h2-8H,1H3,(H2,17,19)(H,18,20,22). The van der Waals surface area contributed by atoms with Gasteiger partial charge in [-0.05, 0) is 37.3 Å². The van der Waals surface area contributed by atoms with Crippen LogP contribution in [-0.4, -0.2) is 28.0 Å². The number of nitrogens with two attached hydrogens (primary N) is 1. The lowest BCUT2D eigenvalue weighted by molar-refractivity contribution is 0.596. The number of hydrogen-bond donors (Lipinski definition) is 2. The number of benzene rings is 2. The van der Waals surface area contributed by atoms with Gasteiger partial charge in [0.15, 0.2) is 0 Å². The molecule has 0 fully saturated rings. The number of nitrogens with one attached hydrogen (secondary N) is 1. The van der Waals surface area contributed by atoms with Crippen molar-refractivity contribution in [3.05, 3.63) is 58.4 Å². The SMILES string of the molecule is Cc1ccc(S(=O)(=O)c2ccc3c(c2)c(=O)[nH]c2nnc(N)n23)cc1. The maximum Gasteiger partial charge on any atom is 0.260 e. The smallest absolute Gasteiger partial charge is 0.260 e. The normalized spacial score (nSPS) is 12.0. The van der Waals surface area contributed by atoms with E-state index in [1.807, 2.05) is 6.92 Å². The van der Waals surface area contributed by atoms with E-state index in [0.29, 0.717) is 5.52 Å². The van der Waals surface area contributed by atoms with Crippen molar-refractivity contribution in [1.82, 2.24) is 19.6 Å². The fourth-order valence-electron chi connectivity index (χ4n) is 2.70. The molecule has 0 radical (unpaired) electrons. The number of rotatable bonds is 2. The molecule has 0 aliphatic rings. The Hall–Kier alpha value is -3.20. The maximum atomic E-state index is 12.8. The molecule has 0 aliphatic heterocycles. The second-order valence-corrected chi connectivity index (χ2v) is 7.62. The highest BCUT2D eigenvalue weighted by Crippen LogP contribution is 2.24. The van der Waals surface area contributed by atoms with E-state index in [4.69, 9.17) is 5.73 Å². The van der Waals surface area contributed by atoms with Crippen molar-refractivity contribution < 1.29 is 8.42 Å². The van der Waals surface area contributed by atoms with Crippen molar-refractivity contribution in [1.29, 1.82) is 0 Å². The zero-order valence-corrected chi connectivity index (χ0v) is 13.9. The number of anilines is 1. The summed E-state index contributed by atoms with van der Waals surface area (Å²) < 4.78 is 27.1. The number of sulfone groups is 1. The number of aryl methyl sites for hydroxylation is 1. The first-order chi connectivity index (χ1) is 11.9. The molecule has 0 spiro atoms. The molecule has 126 valence electrons. The molecule has 0 saturated heterocycles. The maximum absolute atomic E-state index is 12.8. The van der Waals surface area contributed by atoms with Crippen LogP contribution in [0.3, 0.4) is 0 Å². The van der Waals surface area contributed by atoms with E-state index in [-0.39, 0.29) is 26.9 Å². The van der Waals surface area contributed by atoms with Gasteiger partial charge in [-0.25, -0.2) is 12.8 Å². The predicted molar refractivity (Wildman–Crippen MR) is 92.2 cm³/mol. The Kier molecular flexibility index (Phi) is 3.16. The average molecular weight is 355 g/mol. The fraction of sp³-hybridized carbons (Fsp3) is 0.0625. The molecule has 0 unspecified atom stereocenters. The number of nitrogens with zero attached hydrogens (tertiary/aromatic N) is 3. The summed E-state index contributed by atoms with van der Waals surface area (Å²) >= 11 is 0. The summed E-state index contributed by atoms with van der Waals surface area (Å²) in [4.78, 5) is 15.0. The minimum atomic E-state index is -3.74. The highest BCUT2D eigenvalue weighted by atomic mass is 32.2. The Morgan fingerprint density at radius 2 is 1.72 bits per heavy atom. The average Bonchev–Trinajstić information content (AvgIpc) is 2.96. The van der Waals surface area contributed by atoms with Gasteiger partial charge in [-0.15, -0.1) is 10.2 Å². The number of aromatic amines is 1. The van der Waals surface area contributed by atoms with Crippen molar-refractivity contribution in [3.8, 4) is 0 Å². The minimum absolute atomic E-state index is 0.0281. The van der Waals surface area contributed by atoms with Gasteiger partial charge in [0.25, 0.3) is 5.56 Å². The lowest BCUT2D eigenvalue weighted by atomic mass is 10.2. The molecule has 25 heavy (non-hydrogen) atoms. The molecule has 4 aromatic rings. The van der Waals surface area contributed by atoms with E-state index in [0.717, 1.165) is 5.56 Å². The third-order valence-corrected chi connectivity index (χ3v) is 5.78. The van der Waals surface area contributed by atoms with Crippen molar-refractivity contribution in [2.24, 2.45) is 0 Å². The molecular weight excluding hydrogens is 342 g/mol. The van der Waals surface area contributed by atoms with Gasteiger partial charge in [0.1, 0.15) is 0 Å². The molecule has 4 rings (SSSR count). The Bertz CT molecular complexity index is 1290. The number of hydrogen-bond acceptors (Lipinski definition) is 6. The fourth-order valence-corrected chi connectivity index (χ4v) is 3.98. The van der Waals surface area contributed by atoms with Gasteiger partial charge in [0.05, 0.1) is 20.7 Å². The molecule has 9 heteroatoms. The van der Waals surface area contributed by atoms with E-state index >= 15 is 0 Å². The zero-order valence-electron chi connectivity index (χ0n) is 13.1. The van der Waals surface area contributed by atoms with Gasteiger partial charge in [0.2, 0.25) is 21.6 Å². The monoisotopic (exact) mass is 355 g/mol. The van der Waals surface area contributed by atoms with Crippen LogP contribution in [0.15, 0.2) is 57.1 Å². The Morgan fingerprint density at radius 1 is 1.04 bits per heavy atom. The third kappa shape index (κ3) is 2.28. The molecule has 0 amide bonds. The van der Waals surface area contributed by atoms with Gasteiger partial charge in [-0.3, -0.25) is 9.78 Å². The molecule has 2 aromatic heterocycles. The predicted octanol–water partition coefficient (Wildman–Crippen LogP) is 1.29. The van der Waals surface area contributed by atoms with Crippen molar-refractivity contribution in [2.75, 3.05) is 5.73 Å². The summed E-state index contributed by atoms with van der Waals surface area (Å²) in [6.07, 6.45) is 0. The van der Waals surface area contributed by atoms with Crippen LogP contribution in [-0.2, 0) is 9.84 Å². The molecule has 3 N–H and O–H groups in total. The van der Waals surface area contributed by atoms with Crippen LogP contribution in [0.2, 0.25) is 0 Å². The molecule has 0 aliphatic carbocycles. The first-order valence-electron chi connectivity index (χ1n) is 7.36. The number of H-pyrrole nitrogens is 1. The number of fused-ring (bicyclic) bond motifs is 3. The summed E-state index contributed by atoms with van der Waals surface area (Å²) in [5.41, 5.74) is 6.70. The molecule has 8 nitrogen and oxygen atoms in total. The van der Waals surface area contributed by atoms with Gasteiger partial charge >= 0.3 is 0 Å². The third-order valence-electron chi connectivity index (χ3n) is 4.01. The van der Waals surface area contributed by atoms with E-state index in [9.17, 15) is 13.2 Å². The quantitative estimate of drug-likeness (QED) is 0.558. The van der Waals surface area contributed by atoms with E-state index in [2.05, 4.69) is 15.2 Å². The van der Waals surface area contributed by atoms with Crippen LogP contribution in [0.1, 0.15) is 5.56 Å². The van der Waals surface area contributed by atoms with Crippen molar-refractivity contribution in [3.63, 3.8) is 0 Å². The van der Waals surface area contributed by atoms with Gasteiger partial charge in [0, 0.05) is 0 Å². The molecule has 0 saturated carbocycles. The van der Waals surface area contributed by atoms with Gasteiger partial charge in [-0.1, -0.05) is 17.7 Å². The summed E-state index contributed by atoms with van der Waals surface area (Å²) in [7, 11) is -3.74. The van der Waals surface area contributed by atoms with Gasteiger partial charge in [-0.2, -0.15) is 0 Å². The van der Waals surface area contributed by atoms with Crippen LogP contribution in [0.4, 0.5) is 5.95 Å². The Morgan fingerprint density at radius 3 is 2.44 bits per heavy atom. The van der Waals surface area contributed by atoms with E-state index in [1.165, 1.54) is 22.6 Å².